The first kappa shape index (κ1) is 19.1. The molecule has 0 fully saturated rings. The van der Waals surface area contributed by atoms with E-state index in [0.717, 1.165) is 11.1 Å². The number of carbonyl (C=O) groups excluding carboxylic acids is 1. The van der Waals surface area contributed by atoms with Crippen LogP contribution in [-0.4, -0.2) is 35.3 Å². The summed E-state index contributed by atoms with van der Waals surface area (Å²) in [6.07, 6.45) is -0.281. The first-order valence-corrected chi connectivity index (χ1v) is 10.1. The Bertz CT molecular complexity index is 1260. The predicted octanol–water partition coefficient (Wildman–Crippen LogP) is 4.08. The highest BCUT2D eigenvalue weighted by molar-refractivity contribution is 6.07. The van der Waals surface area contributed by atoms with Crippen molar-refractivity contribution < 1.29 is 18.8 Å². The number of benzene rings is 2. The first-order valence-electron chi connectivity index (χ1n) is 10.1. The molecule has 0 radical (unpaired) electrons. The summed E-state index contributed by atoms with van der Waals surface area (Å²) in [5, 5.41) is 7.57. The van der Waals surface area contributed by atoms with E-state index in [9.17, 15) is 4.79 Å². The number of aryl methyl sites for hydroxylation is 2. The Balaban J connectivity index is 1.40. The lowest BCUT2D eigenvalue weighted by Gasteiger charge is -2.26. The molecule has 0 bridgehead atoms. The van der Waals surface area contributed by atoms with Crippen LogP contribution in [0.15, 0.2) is 59.1 Å². The molecule has 156 valence electrons. The number of carbonyl (C=O) groups is 1. The van der Waals surface area contributed by atoms with Gasteiger partial charge in [0.2, 0.25) is 0 Å². The molecule has 1 N–H and O–H groups in total. The lowest BCUT2D eigenvalue weighted by Crippen LogP contribution is -2.40. The second-order valence-electron chi connectivity index (χ2n) is 7.58. The quantitative estimate of drug-likeness (QED) is 0.541. The summed E-state index contributed by atoms with van der Waals surface area (Å²) >= 11 is 0. The van der Waals surface area contributed by atoms with E-state index < -0.39 is 0 Å². The van der Waals surface area contributed by atoms with E-state index in [1.165, 1.54) is 0 Å². The number of nitrogens with zero attached hydrogens (tertiary/aromatic N) is 2. The van der Waals surface area contributed by atoms with Gasteiger partial charge in [-0.1, -0.05) is 47.1 Å². The van der Waals surface area contributed by atoms with Gasteiger partial charge in [0.15, 0.2) is 11.5 Å². The summed E-state index contributed by atoms with van der Waals surface area (Å²) in [6, 6.07) is 17.2. The molecule has 3 heterocycles. The van der Waals surface area contributed by atoms with Gasteiger partial charge in [-0.3, -0.25) is 4.79 Å². The van der Waals surface area contributed by atoms with Gasteiger partial charge in [0.1, 0.15) is 12.7 Å². The minimum absolute atomic E-state index is 0.241. The van der Waals surface area contributed by atoms with E-state index in [4.69, 9.17) is 14.0 Å². The maximum absolute atomic E-state index is 13.1. The Hall–Kier alpha value is -3.87. The van der Waals surface area contributed by atoms with E-state index >= 15 is 0 Å². The monoisotopic (exact) mass is 415 g/mol. The molecule has 1 aliphatic heterocycles. The number of amides is 1. The smallest absolute Gasteiger partial charge is 0.259 e. The Morgan fingerprint density at radius 1 is 1.10 bits per heavy atom. The van der Waals surface area contributed by atoms with Crippen LogP contribution < -0.4 is 14.8 Å². The normalized spacial score (nSPS) is 15.1. The summed E-state index contributed by atoms with van der Waals surface area (Å²) in [6.45, 7) is 4.49. The van der Waals surface area contributed by atoms with Crippen LogP contribution in [0, 0.1) is 13.8 Å². The number of rotatable bonds is 4. The van der Waals surface area contributed by atoms with Crippen LogP contribution >= 0.6 is 0 Å². The Kier molecular flexibility index (Phi) is 4.78. The van der Waals surface area contributed by atoms with Crippen molar-refractivity contribution in [3.63, 3.8) is 0 Å². The van der Waals surface area contributed by atoms with E-state index in [-0.39, 0.29) is 12.0 Å². The second kappa shape index (κ2) is 7.75. The minimum atomic E-state index is -0.281. The Morgan fingerprint density at radius 2 is 1.87 bits per heavy atom. The van der Waals surface area contributed by atoms with Crippen LogP contribution in [0.25, 0.3) is 22.4 Å². The number of pyridine rings is 1. The number of hydrogen-bond donors (Lipinski definition) is 1. The van der Waals surface area contributed by atoms with E-state index in [1.807, 2.05) is 55.5 Å². The summed E-state index contributed by atoms with van der Waals surface area (Å²) in [4.78, 5) is 17.7. The van der Waals surface area contributed by atoms with Gasteiger partial charge in [-0.05, 0) is 32.0 Å². The van der Waals surface area contributed by atoms with Crippen LogP contribution in [-0.2, 0) is 0 Å². The van der Waals surface area contributed by atoms with Crippen molar-refractivity contribution in [1.82, 2.24) is 15.5 Å². The molecule has 0 saturated heterocycles. The van der Waals surface area contributed by atoms with Gasteiger partial charge in [-0.15, -0.1) is 0 Å². The van der Waals surface area contributed by atoms with Crippen molar-refractivity contribution in [1.29, 1.82) is 0 Å². The van der Waals surface area contributed by atoms with Gasteiger partial charge in [0.25, 0.3) is 11.6 Å². The summed E-state index contributed by atoms with van der Waals surface area (Å²) in [5.41, 5.74) is 4.13. The lowest BCUT2D eigenvalue weighted by atomic mass is 10.0. The molecular weight excluding hydrogens is 394 g/mol. The summed E-state index contributed by atoms with van der Waals surface area (Å²) < 4.78 is 17.0. The summed E-state index contributed by atoms with van der Waals surface area (Å²) in [7, 11) is 0. The number of para-hydroxylation sites is 2. The number of hydrogen-bond acceptors (Lipinski definition) is 6. The molecule has 0 aliphatic carbocycles. The van der Waals surface area contributed by atoms with Gasteiger partial charge in [0, 0.05) is 5.56 Å². The number of fused-ring (bicyclic) bond motifs is 2. The van der Waals surface area contributed by atoms with Crippen molar-refractivity contribution in [3.05, 3.63) is 71.4 Å². The highest BCUT2D eigenvalue weighted by Gasteiger charge is 2.23. The van der Waals surface area contributed by atoms with Crippen LogP contribution in [0.4, 0.5) is 0 Å². The zero-order chi connectivity index (χ0) is 21.4. The Morgan fingerprint density at radius 3 is 2.68 bits per heavy atom. The molecule has 1 atom stereocenters. The molecule has 31 heavy (non-hydrogen) atoms. The van der Waals surface area contributed by atoms with Gasteiger partial charge < -0.3 is 19.3 Å². The van der Waals surface area contributed by atoms with E-state index in [0.29, 0.717) is 52.7 Å². The molecule has 7 heteroatoms. The standard InChI is InChI=1S/C24H21N3O4/c1-14-7-9-16(10-8-14)19-11-18(22-15(2)27-31-24(22)26-19)23(28)25-12-17-13-29-20-5-3-4-6-21(20)30-17/h3-11,17H,12-13H2,1-2H3,(H,25,28)/t17-/m0/s1. The zero-order valence-corrected chi connectivity index (χ0v) is 17.2. The van der Waals surface area contributed by atoms with Crippen LogP contribution in [0.3, 0.4) is 0 Å². The molecule has 2 aromatic heterocycles. The van der Waals surface area contributed by atoms with Gasteiger partial charge in [0.05, 0.1) is 28.9 Å². The molecule has 2 aromatic carbocycles. The van der Waals surface area contributed by atoms with Crippen molar-refractivity contribution in [3.8, 4) is 22.8 Å². The van der Waals surface area contributed by atoms with E-state index in [1.54, 1.807) is 13.0 Å². The highest BCUT2D eigenvalue weighted by Crippen LogP contribution is 2.31. The van der Waals surface area contributed by atoms with E-state index in [2.05, 4.69) is 15.5 Å². The predicted molar refractivity (Wildman–Crippen MR) is 115 cm³/mol. The maximum Gasteiger partial charge on any atom is 0.259 e. The third kappa shape index (κ3) is 3.70. The maximum atomic E-state index is 13.1. The third-order valence-electron chi connectivity index (χ3n) is 5.27. The fraction of sp³-hybridized carbons (Fsp3) is 0.208. The Labute approximate surface area is 179 Å². The molecule has 1 aliphatic rings. The van der Waals surface area contributed by atoms with Gasteiger partial charge in [-0.2, -0.15) is 0 Å². The molecule has 0 spiro atoms. The lowest BCUT2D eigenvalue weighted by molar-refractivity contribution is 0.0790. The fourth-order valence-corrected chi connectivity index (χ4v) is 3.61. The topological polar surface area (TPSA) is 86.5 Å². The fourth-order valence-electron chi connectivity index (χ4n) is 3.61. The van der Waals surface area contributed by atoms with Crippen LogP contribution in [0.5, 0.6) is 11.5 Å². The molecule has 7 nitrogen and oxygen atoms in total. The average Bonchev–Trinajstić information content (AvgIpc) is 3.18. The van der Waals surface area contributed by atoms with Crippen molar-refractivity contribution in [2.45, 2.75) is 20.0 Å². The molecule has 4 aromatic rings. The first-order chi connectivity index (χ1) is 15.1. The second-order valence-corrected chi connectivity index (χ2v) is 7.58. The highest BCUT2D eigenvalue weighted by atomic mass is 16.6. The van der Waals surface area contributed by atoms with Crippen molar-refractivity contribution in [2.24, 2.45) is 0 Å². The van der Waals surface area contributed by atoms with Gasteiger partial charge >= 0.3 is 0 Å². The molecule has 5 rings (SSSR count). The third-order valence-corrected chi connectivity index (χ3v) is 5.27. The zero-order valence-electron chi connectivity index (χ0n) is 17.2. The molecule has 0 unspecified atom stereocenters. The SMILES string of the molecule is Cc1ccc(-c2cc(C(=O)NC[C@H]3COc4ccccc4O3)c3c(C)noc3n2)cc1. The largest absolute Gasteiger partial charge is 0.486 e. The minimum Gasteiger partial charge on any atom is -0.486 e. The average molecular weight is 415 g/mol. The molecule has 1 amide bonds. The number of nitrogens with one attached hydrogen (secondary N) is 1. The van der Waals surface area contributed by atoms with Crippen molar-refractivity contribution >= 4 is 17.0 Å². The van der Waals surface area contributed by atoms with Gasteiger partial charge in [-0.25, -0.2) is 4.98 Å². The number of aromatic nitrogens is 2. The van der Waals surface area contributed by atoms with Crippen LogP contribution in [0.1, 0.15) is 21.6 Å². The molecule has 0 saturated carbocycles. The number of ether oxygens (including phenoxy) is 2. The van der Waals surface area contributed by atoms with Crippen molar-refractivity contribution in [2.75, 3.05) is 13.2 Å². The van der Waals surface area contributed by atoms with Crippen LogP contribution in [0.2, 0.25) is 0 Å². The molecular formula is C24H21N3O4. The summed E-state index contributed by atoms with van der Waals surface area (Å²) in [5.74, 6) is 1.15.